The second-order valence-corrected chi connectivity index (χ2v) is 12.0. The fraction of sp³-hybridized carbons (Fsp3) is 0.345. The zero-order valence-electron chi connectivity index (χ0n) is 21.6. The number of allylic oxidation sites excluding steroid dienone is 1. The van der Waals surface area contributed by atoms with Crippen LogP contribution in [-0.2, 0) is 15.8 Å². The second kappa shape index (κ2) is 10.9. The van der Waals surface area contributed by atoms with E-state index in [-0.39, 0.29) is 40.8 Å². The van der Waals surface area contributed by atoms with Crippen LogP contribution in [0.25, 0.3) is 0 Å². The first-order chi connectivity index (χ1) is 19.1. The molecule has 0 spiro atoms. The van der Waals surface area contributed by atoms with Gasteiger partial charge < -0.3 is 9.80 Å². The summed E-state index contributed by atoms with van der Waals surface area (Å²) >= 11 is 0. The van der Waals surface area contributed by atoms with Crippen molar-refractivity contribution in [2.75, 3.05) is 36.0 Å². The molecule has 5 rings (SSSR count). The number of carbonyl (C=O) groups is 3. The van der Waals surface area contributed by atoms with Crippen LogP contribution >= 0.6 is 10.5 Å². The standard InChI is InChI=1S/C29H27F3N4O3S/c1-40-14-12-34(13-15-40)25(38)18-35-27(20-10-8-19(17-33)9-11-20)26-23(6-3-7-24(26)37)36(28(35)39)22-5-2-4-21(16-22)29(30,31)32/h2,4-5,8-11,16,27H,1,3,6-7,12-15,18H2. The molecule has 1 saturated heterocycles. The van der Waals surface area contributed by atoms with Crippen LogP contribution in [0.5, 0.6) is 0 Å². The van der Waals surface area contributed by atoms with Crippen molar-refractivity contribution in [2.24, 2.45) is 0 Å². The molecule has 11 heteroatoms. The molecule has 3 amide bonds. The molecule has 0 N–H and O–H groups in total. The van der Waals surface area contributed by atoms with Gasteiger partial charge >= 0.3 is 12.2 Å². The zero-order valence-corrected chi connectivity index (χ0v) is 22.4. The molecule has 1 unspecified atom stereocenters. The summed E-state index contributed by atoms with van der Waals surface area (Å²) in [5.74, 6) is 5.05. The van der Waals surface area contributed by atoms with Gasteiger partial charge in [-0.2, -0.15) is 28.9 Å². The number of hydrogen-bond acceptors (Lipinski definition) is 4. The van der Waals surface area contributed by atoms with Crippen molar-refractivity contribution in [1.82, 2.24) is 9.80 Å². The SMILES string of the molecule is C=S1CCN(C(=O)CN2C(=O)N(c3cccc(C(F)(F)F)c3)C3=C(C(=O)CCC3)C2c2ccc(C#N)cc2)CC1. The molecule has 40 heavy (non-hydrogen) atoms. The van der Waals surface area contributed by atoms with E-state index in [0.717, 1.165) is 23.6 Å². The highest BCUT2D eigenvalue weighted by Crippen LogP contribution is 2.44. The largest absolute Gasteiger partial charge is 0.416 e. The number of halogens is 3. The number of amides is 3. The average Bonchev–Trinajstić information content (AvgIpc) is 2.94. The molecule has 0 radical (unpaired) electrons. The van der Waals surface area contributed by atoms with Crippen molar-refractivity contribution in [2.45, 2.75) is 31.5 Å². The van der Waals surface area contributed by atoms with Gasteiger partial charge in [-0.05, 0) is 48.7 Å². The number of carbonyl (C=O) groups excluding carboxylic acids is 3. The minimum atomic E-state index is -4.63. The van der Waals surface area contributed by atoms with Crippen molar-refractivity contribution in [3.8, 4) is 6.07 Å². The topological polar surface area (TPSA) is 84.7 Å². The fourth-order valence-corrected chi connectivity index (χ4v) is 6.58. The Balaban J connectivity index is 1.64. The Bertz CT molecular complexity index is 1450. The Kier molecular flexibility index (Phi) is 7.55. The number of alkyl halides is 3. The molecule has 2 aromatic carbocycles. The van der Waals surface area contributed by atoms with Crippen molar-refractivity contribution < 1.29 is 27.6 Å². The Morgan fingerprint density at radius 2 is 1.77 bits per heavy atom. The van der Waals surface area contributed by atoms with E-state index < -0.39 is 23.8 Å². The Morgan fingerprint density at radius 3 is 2.42 bits per heavy atom. The fourth-order valence-electron chi connectivity index (χ4n) is 5.42. The number of rotatable bonds is 4. The molecule has 1 fully saturated rings. The molecule has 0 saturated carbocycles. The molecule has 1 aliphatic carbocycles. The number of nitriles is 1. The number of hydrogen-bond donors (Lipinski definition) is 0. The number of nitrogens with zero attached hydrogens (tertiary/aromatic N) is 4. The summed E-state index contributed by atoms with van der Waals surface area (Å²) in [6.45, 7) is 0.645. The lowest BCUT2D eigenvalue weighted by molar-refractivity contribution is -0.137. The number of Topliss-reactive ketones (excluding diaryl/α,β-unsaturated/α-hetero) is 1. The van der Waals surface area contributed by atoms with E-state index in [9.17, 15) is 32.8 Å². The quantitative estimate of drug-likeness (QED) is 0.480. The second-order valence-electron chi connectivity index (χ2n) is 9.97. The van der Waals surface area contributed by atoms with Crippen LogP contribution in [0.15, 0.2) is 59.8 Å². The van der Waals surface area contributed by atoms with E-state index in [4.69, 9.17) is 0 Å². The van der Waals surface area contributed by atoms with E-state index in [1.165, 1.54) is 21.9 Å². The van der Waals surface area contributed by atoms with Gasteiger partial charge in [0.1, 0.15) is 6.54 Å². The van der Waals surface area contributed by atoms with E-state index in [1.54, 1.807) is 29.2 Å². The van der Waals surface area contributed by atoms with Crippen LogP contribution < -0.4 is 4.90 Å². The molecule has 3 aliphatic rings. The van der Waals surface area contributed by atoms with Crippen LogP contribution in [-0.4, -0.2) is 64.5 Å². The van der Waals surface area contributed by atoms with Crippen molar-refractivity contribution in [3.05, 3.63) is 76.5 Å². The van der Waals surface area contributed by atoms with Crippen LogP contribution in [0.3, 0.4) is 0 Å². The van der Waals surface area contributed by atoms with E-state index in [1.807, 2.05) is 6.07 Å². The Morgan fingerprint density at radius 1 is 1.07 bits per heavy atom. The molecule has 7 nitrogen and oxygen atoms in total. The van der Waals surface area contributed by atoms with Gasteiger partial charge in [0.25, 0.3) is 0 Å². The van der Waals surface area contributed by atoms with Gasteiger partial charge in [-0.3, -0.25) is 14.5 Å². The first-order valence-electron chi connectivity index (χ1n) is 12.9. The number of anilines is 1. The minimum Gasteiger partial charge on any atom is -0.340 e. The van der Waals surface area contributed by atoms with Crippen LogP contribution in [0.1, 0.15) is 42.0 Å². The summed E-state index contributed by atoms with van der Waals surface area (Å²) in [6.07, 6.45) is -3.65. The van der Waals surface area contributed by atoms with Gasteiger partial charge in [-0.25, -0.2) is 4.79 Å². The van der Waals surface area contributed by atoms with Gasteiger partial charge in [0.15, 0.2) is 5.78 Å². The Labute approximate surface area is 232 Å². The van der Waals surface area contributed by atoms with Gasteiger partial charge in [-0.1, -0.05) is 24.1 Å². The molecule has 0 bridgehead atoms. The minimum absolute atomic E-state index is 0.0168. The van der Waals surface area contributed by atoms with Crippen molar-refractivity contribution in [1.29, 1.82) is 5.26 Å². The molecular weight excluding hydrogens is 541 g/mol. The third kappa shape index (κ3) is 5.28. The zero-order chi connectivity index (χ0) is 28.6. The highest BCUT2D eigenvalue weighted by atomic mass is 32.2. The maximum Gasteiger partial charge on any atom is 0.416 e. The predicted octanol–water partition coefficient (Wildman–Crippen LogP) is 5.11. The molecule has 1 atom stereocenters. The average molecular weight is 569 g/mol. The van der Waals surface area contributed by atoms with Crippen LogP contribution in [0.4, 0.5) is 23.7 Å². The summed E-state index contributed by atoms with van der Waals surface area (Å²) in [7, 11) is -0.0348. The van der Waals surface area contributed by atoms with Crippen molar-refractivity contribution >= 4 is 39.8 Å². The van der Waals surface area contributed by atoms with Crippen LogP contribution in [0, 0.1) is 11.3 Å². The number of benzene rings is 2. The lowest BCUT2D eigenvalue weighted by atomic mass is 9.83. The smallest absolute Gasteiger partial charge is 0.340 e. The summed E-state index contributed by atoms with van der Waals surface area (Å²) in [4.78, 5) is 45.3. The third-order valence-corrected chi connectivity index (χ3v) is 8.99. The maximum atomic E-state index is 14.2. The number of urea groups is 1. The van der Waals surface area contributed by atoms with Gasteiger partial charge in [0.05, 0.1) is 28.9 Å². The van der Waals surface area contributed by atoms with E-state index >= 15 is 0 Å². The van der Waals surface area contributed by atoms with Crippen LogP contribution in [0.2, 0.25) is 0 Å². The molecule has 0 aromatic heterocycles. The third-order valence-electron chi connectivity index (χ3n) is 7.47. The van der Waals surface area contributed by atoms with Gasteiger partial charge in [0.2, 0.25) is 5.91 Å². The molecule has 2 aliphatic heterocycles. The monoisotopic (exact) mass is 568 g/mol. The van der Waals surface area contributed by atoms with E-state index in [0.29, 0.717) is 48.3 Å². The normalized spacial score (nSPS) is 20.4. The predicted molar refractivity (Wildman–Crippen MR) is 147 cm³/mol. The maximum absolute atomic E-state index is 14.2. The lowest BCUT2D eigenvalue weighted by Gasteiger charge is -2.45. The molecule has 2 aromatic rings. The number of ketones is 1. The highest BCUT2D eigenvalue weighted by molar-refractivity contribution is 8.14. The van der Waals surface area contributed by atoms with E-state index in [2.05, 4.69) is 5.87 Å². The summed E-state index contributed by atoms with van der Waals surface area (Å²) in [5, 5.41) is 9.27. The molecular formula is C29H27F3N4O3S. The molecule has 208 valence electrons. The van der Waals surface area contributed by atoms with Gasteiger partial charge in [-0.15, -0.1) is 0 Å². The summed E-state index contributed by atoms with van der Waals surface area (Å²) in [6, 6.07) is 11.3. The highest BCUT2D eigenvalue weighted by Gasteiger charge is 2.46. The first-order valence-corrected chi connectivity index (χ1v) is 14.6. The molecule has 2 heterocycles. The van der Waals surface area contributed by atoms with Crippen molar-refractivity contribution in [3.63, 3.8) is 0 Å². The lowest BCUT2D eigenvalue weighted by Crippen LogP contribution is -2.55. The van der Waals surface area contributed by atoms with Gasteiger partial charge in [0, 0.05) is 42.3 Å². The summed E-state index contributed by atoms with van der Waals surface area (Å²) < 4.78 is 40.8. The first kappa shape index (κ1) is 27.6. The Hall–Kier alpha value is -3.91. The summed E-state index contributed by atoms with van der Waals surface area (Å²) in [5.41, 5.74) is 0.633.